The fourth-order valence-electron chi connectivity index (χ4n) is 1.14. The number of phenols is 1. The van der Waals surface area contributed by atoms with Gasteiger partial charge in [-0.2, -0.15) is 0 Å². The number of phenolic OH excluding ortho intramolecular Hbond substituents is 1. The molecule has 0 aliphatic rings. The van der Waals surface area contributed by atoms with E-state index >= 15 is 0 Å². The second kappa shape index (κ2) is 4.80. The topological polar surface area (TPSA) is 37.3 Å². The van der Waals surface area contributed by atoms with Gasteiger partial charge in [-0.3, -0.25) is 4.79 Å². The highest BCUT2D eigenvalue weighted by Gasteiger charge is 2.13. The average molecular weight is 278 g/mol. The maximum atomic E-state index is 11.5. The Morgan fingerprint density at radius 1 is 1.57 bits per heavy atom. The van der Waals surface area contributed by atoms with E-state index in [1.54, 1.807) is 12.1 Å². The molecule has 0 aromatic heterocycles. The van der Waals surface area contributed by atoms with Gasteiger partial charge < -0.3 is 5.11 Å². The fraction of sp³-hybridized carbons (Fsp3) is 0.300. The van der Waals surface area contributed by atoms with Crippen LogP contribution in [0.3, 0.4) is 0 Å². The molecule has 0 radical (unpaired) electrons. The van der Waals surface area contributed by atoms with Gasteiger partial charge in [0.15, 0.2) is 5.78 Å². The van der Waals surface area contributed by atoms with Crippen molar-refractivity contribution in [3.63, 3.8) is 0 Å². The lowest BCUT2D eigenvalue weighted by atomic mass is 10.1. The quantitative estimate of drug-likeness (QED) is 0.854. The molecule has 0 saturated heterocycles. The zero-order valence-electron chi connectivity index (χ0n) is 7.68. The van der Waals surface area contributed by atoms with E-state index in [4.69, 9.17) is 11.6 Å². The van der Waals surface area contributed by atoms with Gasteiger partial charge in [0.05, 0.1) is 10.6 Å². The van der Waals surface area contributed by atoms with Crippen LogP contribution in [0.1, 0.15) is 30.1 Å². The summed E-state index contributed by atoms with van der Waals surface area (Å²) in [4.78, 5) is 11.5. The maximum absolute atomic E-state index is 11.5. The number of Topliss-reactive ketones (excluding diaryl/α,β-unsaturated/α-hetero) is 1. The Hall–Kier alpha value is -0.540. The van der Waals surface area contributed by atoms with E-state index in [0.29, 0.717) is 10.9 Å². The standard InChI is InChI=1S/C10H10BrClO2/c1-2-3-9(13)7-4-6(11)5-8(12)10(7)14/h4-5,14H,2-3H2,1H3. The Kier molecular flexibility index (Phi) is 3.96. The van der Waals surface area contributed by atoms with E-state index in [0.717, 1.165) is 6.42 Å². The van der Waals surface area contributed by atoms with E-state index in [1.807, 2.05) is 6.92 Å². The molecular weight excluding hydrogens is 267 g/mol. The molecule has 4 heteroatoms. The fourth-order valence-corrected chi connectivity index (χ4v) is 1.95. The summed E-state index contributed by atoms with van der Waals surface area (Å²) in [5, 5.41) is 9.74. The molecule has 1 rings (SSSR count). The molecule has 0 unspecified atom stereocenters. The molecule has 0 bridgehead atoms. The van der Waals surface area contributed by atoms with Crippen LogP contribution in [0.4, 0.5) is 0 Å². The van der Waals surface area contributed by atoms with E-state index in [9.17, 15) is 9.90 Å². The summed E-state index contributed by atoms with van der Waals surface area (Å²) < 4.78 is 0.694. The summed E-state index contributed by atoms with van der Waals surface area (Å²) >= 11 is 8.95. The van der Waals surface area contributed by atoms with Gasteiger partial charge in [-0.1, -0.05) is 34.5 Å². The first kappa shape index (κ1) is 11.5. The Balaban J connectivity index is 3.13. The minimum atomic E-state index is -0.131. The number of carbonyl (C=O) groups excluding carboxylic acids is 1. The van der Waals surface area contributed by atoms with Gasteiger partial charge in [0, 0.05) is 10.9 Å². The second-order valence-electron chi connectivity index (χ2n) is 2.96. The number of ketones is 1. The van der Waals surface area contributed by atoms with Gasteiger partial charge in [0.25, 0.3) is 0 Å². The van der Waals surface area contributed by atoms with Crippen molar-refractivity contribution in [3.05, 3.63) is 27.2 Å². The SMILES string of the molecule is CCCC(=O)c1cc(Br)cc(Cl)c1O. The number of rotatable bonds is 3. The molecule has 0 aliphatic heterocycles. The first-order chi connectivity index (χ1) is 6.56. The van der Waals surface area contributed by atoms with Crippen LogP contribution in [0.5, 0.6) is 5.75 Å². The Morgan fingerprint density at radius 2 is 2.21 bits per heavy atom. The lowest BCUT2D eigenvalue weighted by Gasteiger charge is -2.05. The second-order valence-corrected chi connectivity index (χ2v) is 4.28. The van der Waals surface area contributed by atoms with Crippen LogP contribution in [0.15, 0.2) is 16.6 Å². The monoisotopic (exact) mass is 276 g/mol. The smallest absolute Gasteiger partial charge is 0.166 e. The van der Waals surface area contributed by atoms with Crippen LogP contribution in [0.2, 0.25) is 5.02 Å². The summed E-state index contributed by atoms with van der Waals surface area (Å²) in [6, 6.07) is 3.14. The lowest BCUT2D eigenvalue weighted by molar-refractivity contribution is 0.0979. The van der Waals surface area contributed by atoms with Crippen LogP contribution in [0.25, 0.3) is 0 Å². The van der Waals surface area contributed by atoms with Crippen molar-refractivity contribution in [3.8, 4) is 5.75 Å². The van der Waals surface area contributed by atoms with Crippen LogP contribution < -0.4 is 0 Å². The van der Waals surface area contributed by atoms with Crippen molar-refractivity contribution < 1.29 is 9.90 Å². The molecule has 0 aliphatic carbocycles. The van der Waals surface area contributed by atoms with Gasteiger partial charge >= 0.3 is 0 Å². The van der Waals surface area contributed by atoms with Crippen LogP contribution in [-0.4, -0.2) is 10.9 Å². The molecule has 1 aromatic rings. The van der Waals surface area contributed by atoms with E-state index in [1.165, 1.54) is 0 Å². The van der Waals surface area contributed by atoms with Gasteiger partial charge in [-0.15, -0.1) is 0 Å². The molecule has 1 aromatic carbocycles. The minimum Gasteiger partial charge on any atom is -0.506 e. The predicted octanol–water partition coefficient (Wildman–Crippen LogP) is 3.79. The van der Waals surface area contributed by atoms with E-state index in [2.05, 4.69) is 15.9 Å². The first-order valence-electron chi connectivity index (χ1n) is 4.27. The van der Waals surface area contributed by atoms with Gasteiger partial charge in [0.1, 0.15) is 5.75 Å². The zero-order chi connectivity index (χ0) is 10.7. The molecule has 0 heterocycles. The van der Waals surface area contributed by atoms with Crippen molar-refractivity contribution in [1.82, 2.24) is 0 Å². The third-order valence-electron chi connectivity index (χ3n) is 1.81. The number of halogens is 2. The molecule has 0 fully saturated rings. The molecule has 0 atom stereocenters. The number of carbonyl (C=O) groups is 1. The highest BCUT2D eigenvalue weighted by molar-refractivity contribution is 9.10. The third-order valence-corrected chi connectivity index (χ3v) is 2.55. The summed E-state index contributed by atoms with van der Waals surface area (Å²) in [6.07, 6.45) is 1.17. The molecular formula is C10H10BrClO2. The van der Waals surface area contributed by atoms with Crippen molar-refractivity contribution in [2.24, 2.45) is 0 Å². The first-order valence-corrected chi connectivity index (χ1v) is 5.44. The summed E-state index contributed by atoms with van der Waals surface area (Å²) in [6.45, 7) is 1.91. The summed E-state index contributed by atoms with van der Waals surface area (Å²) in [7, 11) is 0. The average Bonchev–Trinajstić information content (AvgIpc) is 2.11. The number of hydrogen-bond donors (Lipinski definition) is 1. The Labute approximate surface area is 96.0 Å². The maximum Gasteiger partial charge on any atom is 0.166 e. The number of aromatic hydroxyl groups is 1. The van der Waals surface area contributed by atoms with E-state index in [-0.39, 0.29) is 22.1 Å². The molecule has 0 amide bonds. The largest absolute Gasteiger partial charge is 0.506 e. The predicted molar refractivity (Wildman–Crippen MR) is 60.1 cm³/mol. The minimum absolute atomic E-state index is 0.0896. The Bertz CT molecular complexity index is 363. The number of hydrogen-bond acceptors (Lipinski definition) is 2. The molecule has 1 N–H and O–H groups in total. The molecule has 0 saturated carbocycles. The highest BCUT2D eigenvalue weighted by Crippen LogP contribution is 2.32. The molecule has 14 heavy (non-hydrogen) atoms. The van der Waals surface area contributed by atoms with Crippen LogP contribution in [-0.2, 0) is 0 Å². The van der Waals surface area contributed by atoms with Gasteiger partial charge in [0.2, 0.25) is 0 Å². The Morgan fingerprint density at radius 3 is 2.79 bits per heavy atom. The summed E-state index contributed by atoms with van der Waals surface area (Å²) in [5.74, 6) is -0.221. The third kappa shape index (κ3) is 2.49. The van der Waals surface area contributed by atoms with Gasteiger partial charge in [-0.05, 0) is 18.6 Å². The van der Waals surface area contributed by atoms with Crippen molar-refractivity contribution in [2.45, 2.75) is 19.8 Å². The van der Waals surface area contributed by atoms with Crippen molar-refractivity contribution in [1.29, 1.82) is 0 Å². The number of benzene rings is 1. The van der Waals surface area contributed by atoms with Crippen molar-refractivity contribution >= 4 is 33.3 Å². The lowest BCUT2D eigenvalue weighted by Crippen LogP contribution is -1.98. The normalized spacial score (nSPS) is 10.2. The molecule has 2 nitrogen and oxygen atoms in total. The van der Waals surface area contributed by atoms with Gasteiger partial charge in [-0.25, -0.2) is 0 Å². The van der Waals surface area contributed by atoms with Crippen LogP contribution >= 0.6 is 27.5 Å². The van der Waals surface area contributed by atoms with Crippen molar-refractivity contribution in [2.75, 3.05) is 0 Å². The molecule has 0 spiro atoms. The molecule has 76 valence electrons. The van der Waals surface area contributed by atoms with E-state index < -0.39 is 0 Å². The zero-order valence-corrected chi connectivity index (χ0v) is 10.0. The summed E-state index contributed by atoms with van der Waals surface area (Å²) in [5.41, 5.74) is 0.284. The highest BCUT2D eigenvalue weighted by atomic mass is 79.9. The van der Waals surface area contributed by atoms with Crippen LogP contribution in [0, 0.1) is 0 Å².